The second kappa shape index (κ2) is 5.39. The van der Waals surface area contributed by atoms with Crippen LogP contribution in [0.1, 0.15) is 26.5 Å². The third-order valence-electron chi connectivity index (χ3n) is 2.90. The Labute approximate surface area is 131 Å². The quantitative estimate of drug-likeness (QED) is 0.827. The number of nitrogens with zero attached hydrogens (tertiary/aromatic N) is 1. The number of aromatic nitrogens is 1. The SMILES string of the molecule is COc1cc(-n2c(Cl)c(C(C)(C)C)oc2=O)c(F)cc1Cl. The number of rotatable bonds is 2. The average Bonchev–Trinajstić information content (AvgIpc) is 2.66. The maximum absolute atomic E-state index is 14.1. The van der Waals surface area contributed by atoms with Gasteiger partial charge in [0.1, 0.15) is 11.6 Å². The first-order valence-electron chi connectivity index (χ1n) is 6.12. The topological polar surface area (TPSA) is 44.4 Å². The van der Waals surface area contributed by atoms with Crippen molar-refractivity contribution < 1.29 is 13.5 Å². The summed E-state index contributed by atoms with van der Waals surface area (Å²) in [4.78, 5) is 12.0. The van der Waals surface area contributed by atoms with Gasteiger partial charge in [-0.1, -0.05) is 44.0 Å². The van der Waals surface area contributed by atoms with Gasteiger partial charge in [0.15, 0.2) is 10.9 Å². The van der Waals surface area contributed by atoms with Gasteiger partial charge >= 0.3 is 5.76 Å². The number of halogens is 3. The summed E-state index contributed by atoms with van der Waals surface area (Å²) in [7, 11) is 1.39. The molecule has 0 amide bonds. The van der Waals surface area contributed by atoms with Gasteiger partial charge in [0.25, 0.3) is 0 Å². The molecule has 114 valence electrons. The van der Waals surface area contributed by atoms with Crippen LogP contribution in [0, 0.1) is 5.82 Å². The van der Waals surface area contributed by atoms with Gasteiger partial charge in [-0.25, -0.2) is 13.8 Å². The molecular weight excluding hydrogens is 320 g/mol. The van der Waals surface area contributed by atoms with Crippen LogP contribution in [0.25, 0.3) is 5.69 Å². The summed E-state index contributed by atoms with van der Waals surface area (Å²) >= 11 is 12.0. The van der Waals surface area contributed by atoms with E-state index in [2.05, 4.69) is 0 Å². The Morgan fingerprint density at radius 3 is 2.38 bits per heavy atom. The van der Waals surface area contributed by atoms with E-state index in [0.29, 0.717) is 0 Å². The molecule has 1 heterocycles. The highest BCUT2D eigenvalue weighted by Crippen LogP contribution is 2.34. The minimum Gasteiger partial charge on any atom is -0.495 e. The summed E-state index contributed by atoms with van der Waals surface area (Å²) < 4.78 is 25.3. The number of hydrogen-bond donors (Lipinski definition) is 0. The minimum atomic E-state index is -0.770. The molecule has 0 N–H and O–H groups in total. The van der Waals surface area contributed by atoms with Gasteiger partial charge in [-0.2, -0.15) is 0 Å². The monoisotopic (exact) mass is 333 g/mol. The maximum Gasteiger partial charge on any atom is 0.425 e. The van der Waals surface area contributed by atoms with Gasteiger partial charge in [0, 0.05) is 11.5 Å². The molecule has 1 aromatic carbocycles. The normalized spacial score (nSPS) is 11.8. The summed E-state index contributed by atoms with van der Waals surface area (Å²) in [5.41, 5.74) is -0.570. The Hall–Kier alpha value is -1.46. The lowest BCUT2D eigenvalue weighted by molar-refractivity contribution is 0.385. The van der Waals surface area contributed by atoms with Gasteiger partial charge in [0.2, 0.25) is 0 Å². The van der Waals surface area contributed by atoms with Gasteiger partial charge in [-0.05, 0) is 6.07 Å². The molecule has 0 unspecified atom stereocenters. The molecule has 2 rings (SSSR count). The van der Waals surface area contributed by atoms with Crippen LogP contribution in [0.5, 0.6) is 5.75 Å². The van der Waals surface area contributed by atoms with Crippen molar-refractivity contribution in [3.8, 4) is 11.4 Å². The van der Waals surface area contributed by atoms with Gasteiger partial charge in [-0.3, -0.25) is 0 Å². The lowest BCUT2D eigenvalue weighted by Crippen LogP contribution is -2.14. The summed E-state index contributed by atoms with van der Waals surface area (Å²) in [6.45, 7) is 5.50. The number of methoxy groups -OCH3 is 1. The van der Waals surface area contributed by atoms with Crippen LogP contribution in [0.15, 0.2) is 21.3 Å². The molecule has 0 aliphatic rings. The van der Waals surface area contributed by atoms with Crippen molar-refractivity contribution in [2.24, 2.45) is 0 Å². The standard InChI is InChI=1S/C14H14Cl2FNO3/c1-14(2,3)11-12(16)18(13(19)21-11)9-6-10(20-4)7(15)5-8(9)17/h5-6H,1-4H3. The van der Waals surface area contributed by atoms with Crippen LogP contribution in [0.4, 0.5) is 4.39 Å². The highest BCUT2D eigenvalue weighted by atomic mass is 35.5. The molecule has 0 aliphatic heterocycles. The largest absolute Gasteiger partial charge is 0.495 e. The summed E-state index contributed by atoms with van der Waals surface area (Å²) in [5, 5.41) is 0.123. The fraction of sp³-hybridized carbons (Fsp3) is 0.357. The highest BCUT2D eigenvalue weighted by Gasteiger charge is 2.28. The molecule has 0 atom stereocenters. The summed E-state index contributed by atoms with van der Waals surface area (Å²) in [6, 6.07) is 2.36. The smallest absolute Gasteiger partial charge is 0.425 e. The first-order valence-corrected chi connectivity index (χ1v) is 6.87. The van der Waals surface area contributed by atoms with Crippen molar-refractivity contribution >= 4 is 23.2 Å². The van der Waals surface area contributed by atoms with Crippen LogP contribution in [0.3, 0.4) is 0 Å². The Morgan fingerprint density at radius 1 is 1.29 bits per heavy atom. The van der Waals surface area contributed by atoms with E-state index >= 15 is 0 Å². The van der Waals surface area contributed by atoms with Gasteiger partial charge < -0.3 is 9.15 Å². The maximum atomic E-state index is 14.1. The van der Waals surface area contributed by atoms with Gasteiger partial charge in [0.05, 0.1) is 17.8 Å². The van der Waals surface area contributed by atoms with E-state index in [9.17, 15) is 9.18 Å². The van der Waals surface area contributed by atoms with Gasteiger partial charge in [-0.15, -0.1) is 0 Å². The summed E-state index contributed by atoms with van der Waals surface area (Å²) in [5.74, 6) is -0.962. The predicted octanol–water partition coefficient (Wildman–Crippen LogP) is 4.18. The van der Waals surface area contributed by atoms with E-state index in [0.717, 1.165) is 10.6 Å². The Kier molecular flexibility index (Phi) is 4.08. The molecule has 4 nitrogen and oxygen atoms in total. The molecule has 21 heavy (non-hydrogen) atoms. The van der Waals surface area contributed by atoms with E-state index in [-0.39, 0.29) is 27.4 Å². The zero-order valence-corrected chi connectivity index (χ0v) is 13.5. The van der Waals surface area contributed by atoms with E-state index in [1.807, 2.05) is 20.8 Å². The van der Waals surface area contributed by atoms with E-state index in [4.69, 9.17) is 32.4 Å². The van der Waals surface area contributed by atoms with E-state index < -0.39 is 17.0 Å². The molecule has 0 fully saturated rings. The molecule has 0 bridgehead atoms. The van der Waals surface area contributed by atoms with Crippen LogP contribution < -0.4 is 10.5 Å². The first kappa shape index (κ1) is 15.9. The fourth-order valence-corrected chi connectivity index (χ4v) is 2.58. The zero-order chi connectivity index (χ0) is 15.9. The first-order chi connectivity index (χ1) is 9.66. The molecule has 0 aliphatic carbocycles. The molecule has 0 saturated carbocycles. The second-order valence-corrected chi connectivity index (χ2v) is 6.28. The predicted molar refractivity (Wildman–Crippen MR) is 79.5 cm³/mol. The number of benzene rings is 1. The number of oxazole rings is 1. The van der Waals surface area contributed by atoms with Crippen LogP contribution >= 0.6 is 23.2 Å². The zero-order valence-electron chi connectivity index (χ0n) is 12.0. The molecule has 7 heteroatoms. The van der Waals surface area contributed by atoms with Crippen molar-refractivity contribution in [2.45, 2.75) is 26.2 Å². The summed E-state index contributed by atoms with van der Waals surface area (Å²) in [6.07, 6.45) is 0. The number of hydrogen-bond acceptors (Lipinski definition) is 3. The number of ether oxygens (including phenoxy) is 1. The second-order valence-electron chi connectivity index (χ2n) is 5.51. The molecule has 0 radical (unpaired) electrons. The molecular formula is C14H14Cl2FNO3. The Bertz CT molecular complexity index is 744. The minimum absolute atomic E-state index is 0.0239. The van der Waals surface area contributed by atoms with Crippen molar-refractivity contribution in [1.29, 1.82) is 0 Å². The lowest BCUT2D eigenvalue weighted by atomic mass is 9.94. The van der Waals surface area contributed by atoms with Crippen molar-refractivity contribution in [2.75, 3.05) is 7.11 Å². The third-order valence-corrected chi connectivity index (χ3v) is 3.54. The Morgan fingerprint density at radius 2 is 1.90 bits per heavy atom. The van der Waals surface area contributed by atoms with Crippen molar-refractivity contribution in [3.63, 3.8) is 0 Å². The molecule has 0 spiro atoms. The highest BCUT2D eigenvalue weighted by molar-refractivity contribution is 6.32. The molecule has 0 saturated heterocycles. The van der Waals surface area contributed by atoms with E-state index in [1.54, 1.807) is 0 Å². The van der Waals surface area contributed by atoms with Crippen molar-refractivity contribution in [3.05, 3.63) is 44.4 Å². The van der Waals surface area contributed by atoms with Crippen LogP contribution in [0.2, 0.25) is 10.2 Å². The third kappa shape index (κ3) is 2.80. The van der Waals surface area contributed by atoms with Crippen LogP contribution in [-0.4, -0.2) is 11.7 Å². The van der Waals surface area contributed by atoms with Crippen molar-refractivity contribution in [1.82, 2.24) is 4.57 Å². The Balaban J connectivity index is 2.74. The molecule has 1 aromatic heterocycles. The van der Waals surface area contributed by atoms with E-state index in [1.165, 1.54) is 13.2 Å². The lowest BCUT2D eigenvalue weighted by Gasteiger charge is -2.14. The average molecular weight is 334 g/mol. The molecule has 2 aromatic rings. The fourth-order valence-electron chi connectivity index (χ4n) is 1.87. The van der Waals surface area contributed by atoms with Crippen LogP contribution in [-0.2, 0) is 5.41 Å².